The minimum Gasteiger partial charge on any atom is -0.378 e. The number of nitrogens with zero attached hydrogens (tertiary/aromatic N) is 1. The Hall–Kier alpha value is -0.830. The summed E-state index contributed by atoms with van der Waals surface area (Å²) >= 11 is 0. The van der Waals surface area contributed by atoms with Crippen LogP contribution in [0.2, 0.25) is 0 Å². The molecule has 0 aromatic rings. The first-order chi connectivity index (χ1) is 15.7. The van der Waals surface area contributed by atoms with Crippen molar-refractivity contribution in [2.45, 2.75) is 149 Å². The zero-order valence-electron chi connectivity index (χ0n) is 22.0. The lowest BCUT2D eigenvalue weighted by molar-refractivity contribution is 0.0351. The second kappa shape index (κ2) is 16.7. The van der Waals surface area contributed by atoms with Gasteiger partial charge in [-0.15, -0.1) is 0 Å². The first kappa shape index (κ1) is 27.4. The van der Waals surface area contributed by atoms with Gasteiger partial charge in [0.15, 0.2) is 0 Å². The molecule has 1 heterocycles. The molecular formula is C29H54N2O. The molecule has 186 valence electrons. The van der Waals surface area contributed by atoms with Gasteiger partial charge < -0.3 is 4.74 Å². The van der Waals surface area contributed by atoms with Crippen LogP contribution in [-0.4, -0.2) is 18.4 Å². The van der Waals surface area contributed by atoms with Gasteiger partial charge in [0.2, 0.25) is 0 Å². The number of hydrogen-bond donors (Lipinski definition) is 1. The van der Waals surface area contributed by atoms with Crippen molar-refractivity contribution in [1.29, 1.82) is 0 Å². The Morgan fingerprint density at radius 2 is 1.50 bits per heavy atom. The van der Waals surface area contributed by atoms with Crippen LogP contribution in [0.1, 0.15) is 143 Å². The second-order valence-electron chi connectivity index (χ2n) is 10.4. The highest BCUT2D eigenvalue weighted by Gasteiger charge is 2.32. The maximum Gasteiger partial charge on any atom is 0.0578 e. The maximum atomic E-state index is 6.32. The van der Waals surface area contributed by atoms with Crippen LogP contribution in [0.4, 0.5) is 0 Å². The fraction of sp³-hybridized carbons (Fsp3) is 0.897. The molecule has 1 aliphatic heterocycles. The van der Waals surface area contributed by atoms with Gasteiger partial charge in [0, 0.05) is 23.9 Å². The highest BCUT2D eigenvalue weighted by molar-refractivity contribution is 5.92. The first-order valence-corrected chi connectivity index (χ1v) is 14.4. The molecule has 3 unspecified atom stereocenters. The number of hydrogen-bond acceptors (Lipinski definition) is 3. The highest BCUT2D eigenvalue weighted by Crippen LogP contribution is 2.37. The molecule has 0 spiro atoms. The summed E-state index contributed by atoms with van der Waals surface area (Å²) in [7, 11) is 0. The Bertz CT molecular complexity index is 553. The van der Waals surface area contributed by atoms with E-state index >= 15 is 0 Å². The third-order valence-electron chi connectivity index (χ3n) is 7.70. The van der Waals surface area contributed by atoms with Gasteiger partial charge in [-0.3, -0.25) is 5.43 Å². The fourth-order valence-electron chi connectivity index (χ4n) is 5.65. The molecule has 0 aromatic heterocycles. The highest BCUT2D eigenvalue weighted by atomic mass is 16.5. The Kier molecular flexibility index (Phi) is 14.3. The molecule has 0 aromatic carbocycles. The number of unbranched alkanes of at least 4 members (excludes halogenated alkanes) is 8. The van der Waals surface area contributed by atoms with Crippen molar-refractivity contribution in [1.82, 2.24) is 5.43 Å². The molecule has 3 nitrogen and oxygen atoms in total. The molecule has 3 atom stereocenters. The van der Waals surface area contributed by atoms with Gasteiger partial charge in [0.25, 0.3) is 0 Å². The van der Waals surface area contributed by atoms with Gasteiger partial charge in [0.05, 0.1) is 6.10 Å². The van der Waals surface area contributed by atoms with Crippen LogP contribution in [0.5, 0.6) is 0 Å². The molecule has 2 rings (SSSR count). The van der Waals surface area contributed by atoms with Crippen molar-refractivity contribution in [2.75, 3.05) is 6.61 Å². The van der Waals surface area contributed by atoms with Crippen LogP contribution in [0.15, 0.2) is 16.4 Å². The smallest absolute Gasteiger partial charge is 0.0578 e. The molecule has 0 radical (unpaired) electrons. The molecule has 3 heteroatoms. The Morgan fingerprint density at radius 3 is 2.22 bits per heavy atom. The number of hydrazone groups is 1. The molecule has 0 amide bonds. The molecule has 0 bridgehead atoms. The van der Waals surface area contributed by atoms with Crippen LogP contribution in [0.3, 0.4) is 0 Å². The average Bonchev–Trinajstić information content (AvgIpc) is 2.78. The number of rotatable bonds is 16. The SMILES string of the molecule is CCCCCCOC1CCCC2C(C(CCCCC)CCCCCC)=NNC(C)=C2CC1. The minimum atomic E-state index is 0.453. The van der Waals surface area contributed by atoms with E-state index in [1.54, 1.807) is 5.57 Å². The van der Waals surface area contributed by atoms with E-state index in [0.717, 1.165) is 6.61 Å². The van der Waals surface area contributed by atoms with Crippen molar-refractivity contribution in [3.63, 3.8) is 0 Å². The predicted octanol–water partition coefficient (Wildman–Crippen LogP) is 8.93. The number of allylic oxidation sites excluding steroid dienone is 2. The zero-order valence-corrected chi connectivity index (χ0v) is 22.0. The summed E-state index contributed by atoms with van der Waals surface area (Å²) < 4.78 is 6.32. The second-order valence-corrected chi connectivity index (χ2v) is 10.4. The maximum absolute atomic E-state index is 6.32. The molecule has 1 saturated carbocycles. The molecule has 1 aliphatic carbocycles. The van der Waals surface area contributed by atoms with Crippen molar-refractivity contribution < 1.29 is 4.74 Å². The third-order valence-corrected chi connectivity index (χ3v) is 7.70. The number of fused-ring (bicyclic) bond motifs is 1. The van der Waals surface area contributed by atoms with E-state index in [-0.39, 0.29) is 0 Å². The summed E-state index contributed by atoms with van der Waals surface area (Å²) in [6.45, 7) is 10.1. The average molecular weight is 447 g/mol. The minimum absolute atomic E-state index is 0.453. The third kappa shape index (κ3) is 9.57. The van der Waals surface area contributed by atoms with E-state index in [1.165, 1.54) is 127 Å². The lowest BCUT2D eigenvalue weighted by Gasteiger charge is -2.35. The fourth-order valence-corrected chi connectivity index (χ4v) is 5.65. The molecular weight excluding hydrogens is 392 g/mol. The van der Waals surface area contributed by atoms with Gasteiger partial charge in [-0.1, -0.05) is 85.0 Å². The van der Waals surface area contributed by atoms with E-state index in [4.69, 9.17) is 9.84 Å². The van der Waals surface area contributed by atoms with E-state index in [0.29, 0.717) is 17.9 Å². The van der Waals surface area contributed by atoms with Crippen LogP contribution < -0.4 is 5.43 Å². The molecule has 1 N–H and O–H groups in total. The number of ether oxygens (including phenoxy) is 1. The molecule has 1 fully saturated rings. The summed E-state index contributed by atoms with van der Waals surface area (Å²) in [6.07, 6.45) is 23.9. The summed E-state index contributed by atoms with van der Waals surface area (Å²) in [5, 5.41) is 5.02. The monoisotopic (exact) mass is 446 g/mol. The molecule has 2 aliphatic rings. The quantitative estimate of drug-likeness (QED) is 0.240. The van der Waals surface area contributed by atoms with Gasteiger partial charge in [-0.25, -0.2) is 0 Å². The topological polar surface area (TPSA) is 33.6 Å². The van der Waals surface area contributed by atoms with Gasteiger partial charge in [-0.2, -0.15) is 5.10 Å². The van der Waals surface area contributed by atoms with Crippen LogP contribution in [0.25, 0.3) is 0 Å². The van der Waals surface area contributed by atoms with Crippen molar-refractivity contribution in [2.24, 2.45) is 16.9 Å². The first-order valence-electron chi connectivity index (χ1n) is 14.4. The summed E-state index contributed by atoms with van der Waals surface area (Å²) in [5.41, 5.74) is 7.92. The molecule has 0 saturated heterocycles. The van der Waals surface area contributed by atoms with Gasteiger partial charge in [-0.05, 0) is 69.8 Å². The number of nitrogens with one attached hydrogen (secondary N) is 1. The summed E-state index contributed by atoms with van der Waals surface area (Å²) in [4.78, 5) is 0. The zero-order chi connectivity index (χ0) is 23.0. The predicted molar refractivity (Wildman–Crippen MR) is 140 cm³/mol. The van der Waals surface area contributed by atoms with Crippen molar-refractivity contribution >= 4 is 5.71 Å². The summed E-state index contributed by atoms with van der Waals surface area (Å²) in [5.74, 6) is 1.25. The lowest BCUT2D eigenvalue weighted by atomic mass is 9.75. The summed E-state index contributed by atoms with van der Waals surface area (Å²) in [6, 6.07) is 0. The van der Waals surface area contributed by atoms with E-state index in [1.807, 2.05) is 0 Å². The standard InChI is InChI=1S/C29H54N2O/c1-5-8-11-14-18-25(17-13-10-7-3)29-28-20-16-19-26(32-23-15-12-9-6-2)21-22-27(28)24(4)30-31-29/h25-26,28,30H,5-23H2,1-4H3. The van der Waals surface area contributed by atoms with E-state index in [2.05, 4.69) is 33.1 Å². The van der Waals surface area contributed by atoms with Crippen LogP contribution >= 0.6 is 0 Å². The van der Waals surface area contributed by atoms with Crippen LogP contribution in [-0.2, 0) is 4.74 Å². The van der Waals surface area contributed by atoms with Gasteiger partial charge in [0.1, 0.15) is 0 Å². The molecule has 32 heavy (non-hydrogen) atoms. The largest absolute Gasteiger partial charge is 0.378 e. The Labute approximate surface area is 200 Å². The van der Waals surface area contributed by atoms with Crippen molar-refractivity contribution in [3.8, 4) is 0 Å². The van der Waals surface area contributed by atoms with Crippen molar-refractivity contribution in [3.05, 3.63) is 11.3 Å². The van der Waals surface area contributed by atoms with E-state index in [9.17, 15) is 0 Å². The lowest BCUT2D eigenvalue weighted by Crippen LogP contribution is -2.34. The Morgan fingerprint density at radius 1 is 0.844 bits per heavy atom. The van der Waals surface area contributed by atoms with Gasteiger partial charge >= 0.3 is 0 Å². The normalized spacial score (nSPS) is 22.6. The Balaban J connectivity index is 1.96. The van der Waals surface area contributed by atoms with E-state index < -0.39 is 0 Å². The van der Waals surface area contributed by atoms with Crippen LogP contribution in [0, 0.1) is 11.8 Å².